The normalized spacial score (nSPS) is 10.4. The van der Waals surface area contributed by atoms with Crippen LogP contribution in [0, 0.1) is 10.1 Å². The van der Waals surface area contributed by atoms with Gasteiger partial charge in [-0.1, -0.05) is 60.7 Å². The van der Waals surface area contributed by atoms with E-state index in [2.05, 4.69) is 0 Å². The summed E-state index contributed by atoms with van der Waals surface area (Å²) in [6, 6.07) is 22.6. The smallest absolute Gasteiger partial charge is 0.270 e. The third-order valence-corrected chi connectivity index (χ3v) is 3.89. The largest absolute Gasteiger partial charge is 0.496 e. The summed E-state index contributed by atoms with van der Waals surface area (Å²) in [5, 5.41) is 11.4. The number of hydrogen-bond acceptors (Lipinski definition) is 3. The topological polar surface area (TPSA) is 52.4 Å². The molecular formula is C20H17NO3. The Morgan fingerprint density at radius 3 is 2.17 bits per heavy atom. The molecule has 24 heavy (non-hydrogen) atoms. The van der Waals surface area contributed by atoms with Gasteiger partial charge in [0.25, 0.3) is 5.69 Å². The number of nitro groups is 1. The van der Waals surface area contributed by atoms with E-state index >= 15 is 0 Å². The second kappa shape index (κ2) is 6.96. The molecule has 0 fully saturated rings. The van der Waals surface area contributed by atoms with Crippen molar-refractivity contribution in [3.63, 3.8) is 0 Å². The van der Waals surface area contributed by atoms with Crippen molar-refractivity contribution in [2.75, 3.05) is 7.11 Å². The summed E-state index contributed by atoms with van der Waals surface area (Å²) in [4.78, 5) is 11.0. The summed E-state index contributed by atoms with van der Waals surface area (Å²) >= 11 is 0. The van der Waals surface area contributed by atoms with Gasteiger partial charge in [-0.15, -0.1) is 0 Å². The second-order valence-corrected chi connectivity index (χ2v) is 5.47. The van der Waals surface area contributed by atoms with Gasteiger partial charge in [0.1, 0.15) is 5.75 Å². The highest BCUT2D eigenvalue weighted by molar-refractivity contribution is 5.75. The van der Waals surface area contributed by atoms with Crippen molar-refractivity contribution in [1.82, 2.24) is 0 Å². The van der Waals surface area contributed by atoms with Crippen LogP contribution >= 0.6 is 0 Å². The van der Waals surface area contributed by atoms with E-state index in [0.29, 0.717) is 12.2 Å². The third kappa shape index (κ3) is 3.27. The van der Waals surface area contributed by atoms with Crippen molar-refractivity contribution < 1.29 is 9.66 Å². The van der Waals surface area contributed by atoms with Crippen LogP contribution in [0.25, 0.3) is 11.1 Å². The lowest BCUT2D eigenvalue weighted by molar-refractivity contribution is -0.384. The predicted octanol–water partition coefficient (Wildman–Crippen LogP) is 4.86. The van der Waals surface area contributed by atoms with Crippen molar-refractivity contribution in [2.24, 2.45) is 0 Å². The van der Waals surface area contributed by atoms with E-state index in [1.165, 1.54) is 0 Å². The second-order valence-electron chi connectivity index (χ2n) is 5.47. The highest BCUT2D eigenvalue weighted by atomic mass is 16.6. The molecule has 0 unspecified atom stereocenters. The fourth-order valence-electron chi connectivity index (χ4n) is 2.80. The minimum Gasteiger partial charge on any atom is -0.496 e. The Hall–Kier alpha value is -3.14. The maximum absolute atomic E-state index is 11.4. The van der Waals surface area contributed by atoms with Gasteiger partial charge in [-0.05, 0) is 11.1 Å². The number of benzene rings is 3. The molecular weight excluding hydrogens is 302 g/mol. The monoisotopic (exact) mass is 319 g/mol. The highest BCUT2D eigenvalue weighted by Crippen LogP contribution is 2.37. The lowest BCUT2D eigenvalue weighted by Gasteiger charge is -2.14. The van der Waals surface area contributed by atoms with Crippen molar-refractivity contribution in [1.29, 1.82) is 0 Å². The minimum atomic E-state index is -0.361. The van der Waals surface area contributed by atoms with Crippen LogP contribution in [0.1, 0.15) is 11.1 Å². The zero-order valence-electron chi connectivity index (χ0n) is 13.3. The molecule has 3 aromatic carbocycles. The Kier molecular flexibility index (Phi) is 4.57. The first-order chi connectivity index (χ1) is 11.7. The molecule has 0 amide bonds. The SMILES string of the molecule is COc1c(Cc2ccccc2)cc([N+](=O)[O-])cc1-c1ccccc1. The molecule has 3 rings (SSSR count). The zero-order valence-corrected chi connectivity index (χ0v) is 13.3. The van der Waals surface area contributed by atoms with Crippen molar-refractivity contribution in [3.05, 3.63) is 94.0 Å². The van der Waals surface area contributed by atoms with Crippen LogP contribution < -0.4 is 4.74 Å². The fourth-order valence-corrected chi connectivity index (χ4v) is 2.80. The van der Waals surface area contributed by atoms with Gasteiger partial charge in [0, 0.05) is 29.7 Å². The van der Waals surface area contributed by atoms with Crippen LogP contribution in [0.5, 0.6) is 5.75 Å². The molecule has 0 aliphatic carbocycles. The molecule has 0 N–H and O–H groups in total. The van der Waals surface area contributed by atoms with E-state index in [1.807, 2.05) is 60.7 Å². The number of hydrogen-bond donors (Lipinski definition) is 0. The van der Waals surface area contributed by atoms with Gasteiger partial charge in [0.05, 0.1) is 12.0 Å². The van der Waals surface area contributed by atoms with Crippen LogP contribution in [0.4, 0.5) is 5.69 Å². The molecule has 0 heterocycles. The Bertz CT molecular complexity index is 846. The van der Waals surface area contributed by atoms with Crippen LogP contribution in [0.15, 0.2) is 72.8 Å². The van der Waals surface area contributed by atoms with Gasteiger partial charge in [0.15, 0.2) is 0 Å². The molecule has 0 saturated carbocycles. The molecule has 0 atom stereocenters. The molecule has 0 radical (unpaired) electrons. The molecule has 0 bridgehead atoms. The maximum atomic E-state index is 11.4. The molecule has 3 aromatic rings. The first kappa shape index (κ1) is 15.7. The van der Waals surface area contributed by atoms with E-state index in [1.54, 1.807) is 19.2 Å². The molecule has 0 saturated heterocycles. The third-order valence-electron chi connectivity index (χ3n) is 3.89. The van der Waals surface area contributed by atoms with Gasteiger partial charge in [0.2, 0.25) is 0 Å². The number of nitro benzene ring substituents is 1. The average molecular weight is 319 g/mol. The standard InChI is InChI=1S/C20H17NO3/c1-24-20-17(12-15-8-4-2-5-9-15)13-18(21(22)23)14-19(20)16-10-6-3-7-11-16/h2-11,13-14H,12H2,1H3. The summed E-state index contributed by atoms with van der Waals surface area (Å²) in [6.07, 6.45) is 0.575. The van der Waals surface area contributed by atoms with Gasteiger partial charge < -0.3 is 4.74 Å². The van der Waals surface area contributed by atoms with Crippen molar-refractivity contribution in [2.45, 2.75) is 6.42 Å². The molecule has 0 aromatic heterocycles. The van der Waals surface area contributed by atoms with E-state index in [4.69, 9.17) is 4.74 Å². The summed E-state index contributed by atoms with van der Waals surface area (Å²) in [7, 11) is 1.60. The van der Waals surface area contributed by atoms with Crippen LogP contribution in [0.3, 0.4) is 0 Å². The Morgan fingerprint density at radius 1 is 0.958 bits per heavy atom. The summed E-state index contributed by atoms with van der Waals surface area (Å²) < 4.78 is 5.62. The lowest BCUT2D eigenvalue weighted by atomic mass is 9.96. The first-order valence-electron chi connectivity index (χ1n) is 7.63. The molecule has 0 aliphatic rings. The van der Waals surface area contributed by atoms with E-state index < -0.39 is 0 Å². The quantitative estimate of drug-likeness (QED) is 0.498. The predicted molar refractivity (Wildman–Crippen MR) is 94.3 cm³/mol. The minimum absolute atomic E-state index is 0.0700. The molecule has 0 spiro atoms. The maximum Gasteiger partial charge on any atom is 0.270 e. The number of nitrogens with zero attached hydrogens (tertiary/aromatic N) is 1. The first-order valence-corrected chi connectivity index (χ1v) is 7.63. The number of methoxy groups -OCH3 is 1. The van der Waals surface area contributed by atoms with Gasteiger partial charge >= 0.3 is 0 Å². The fraction of sp³-hybridized carbons (Fsp3) is 0.100. The number of rotatable bonds is 5. The highest BCUT2D eigenvalue weighted by Gasteiger charge is 2.18. The number of ether oxygens (including phenoxy) is 1. The van der Waals surface area contributed by atoms with Gasteiger partial charge in [-0.3, -0.25) is 10.1 Å². The average Bonchev–Trinajstić information content (AvgIpc) is 2.62. The summed E-state index contributed by atoms with van der Waals surface area (Å²) in [5.41, 5.74) is 3.58. The van der Waals surface area contributed by atoms with E-state index in [9.17, 15) is 10.1 Å². The van der Waals surface area contributed by atoms with Crippen LogP contribution in [0.2, 0.25) is 0 Å². The summed E-state index contributed by atoms with van der Waals surface area (Å²) in [5.74, 6) is 0.677. The molecule has 4 heteroatoms. The number of non-ortho nitro benzene ring substituents is 1. The van der Waals surface area contributed by atoms with E-state index in [-0.39, 0.29) is 10.6 Å². The van der Waals surface area contributed by atoms with E-state index in [0.717, 1.165) is 22.3 Å². The van der Waals surface area contributed by atoms with Crippen LogP contribution in [-0.2, 0) is 6.42 Å². The zero-order chi connectivity index (χ0) is 16.9. The lowest BCUT2D eigenvalue weighted by Crippen LogP contribution is -1.99. The van der Waals surface area contributed by atoms with Crippen molar-refractivity contribution in [3.8, 4) is 16.9 Å². The Balaban J connectivity index is 2.16. The van der Waals surface area contributed by atoms with Gasteiger partial charge in [-0.2, -0.15) is 0 Å². The van der Waals surface area contributed by atoms with Gasteiger partial charge in [-0.25, -0.2) is 0 Å². The van der Waals surface area contributed by atoms with Crippen LogP contribution in [-0.4, -0.2) is 12.0 Å². The Labute approximate surface area is 140 Å². The molecule has 120 valence electrons. The summed E-state index contributed by atoms with van der Waals surface area (Å²) in [6.45, 7) is 0. The molecule has 4 nitrogen and oxygen atoms in total. The van der Waals surface area contributed by atoms with Crippen molar-refractivity contribution >= 4 is 5.69 Å². The molecule has 0 aliphatic heterocycles. The Morgan fingerprint density at radius 2 is 1.58 bits per heavy atom.